The molecule has 6 atom stereocenters. The number of rotatable bonds is 15. The van der Waals surface area contributed by atoms with Gasteiger partial charge in [-0.1, -0.05) is 60.0 Å². The number of benzene rings is 1. The Morgan fingerprint density at radius 3 is 2.52 bits per heavy atom. The zero-order valence-corrected chi connectivity index (χ0v) is 27.7. The van der Waals surface area contributed by atoms with Crippen molar-refractivity contribution >= 4 is 51.1 Å². The molecule has 0 radical (unpaired) electrons. The molecular formula is C33H46BrN3O4S. The Labute approximate surface area is 263 Å². The third kappa shape index (κ3) is 5.98. The van der Waals surface area contributed by atoms with Gasteiger partial charge in [0, 0.05) is 48.6 Å². The maximum Gasteiger partial charge on any atom is 0.251 e. The molecule has 42 heavy (non-hydrogen) atoms. The Balaban J connectivity index is 1.77. The van der Waals surface area contributed by atoms with Crippen molar-refractivity contribution in [2.24, 2.45) is 11.8 Å². The van der Waals surface area contributed by atoms with E-state index in [0.717, 1.165) is 48.9 Å². The molecule has 3 aliphatic rings. The second kappa shape index (κ2) is 14.1. The summed E-state index contributed by atoms with van der Waals surface area (Å²) in [6.07, 6.45) is 8.15. The minimum absolute atomic E-state index is 0.00732. The van der Waals surface area contributed by atoms with Crippen molar-refractivity contribution in [1.29, 1.82) is 0 Å². The van der Waals surface area contributed by atoms with Crippen LogP contribution in [0, 0.1) is 25.7 Å². The highest BCUT2D eigenvalue weighted by Crippen LogP contribution is 2.68. The van der Waals surface area contributed by atoms with E-state index < -0.39 is 22.6 Å². The van der Waals surface area contributed by atoms with Gasteiger partial charge >= 0.3 is 0 Å². The monoisotopic (exact) mass is 659 g/mol. The zero-order chi connectivity index (χ0) is 30.6. The third-order valence-corrected chi connectivity index (χ3v) is 12.2. The highest BCUT2D eigenvalue weighted by Gasteiger charge is 2.76. The minimum Gasteiger partial charge on any atom is -0.396 e. The minimum atomic E-state index is -0.693. The van der Waals surface area contributed by atoms with Gasteiger partial charge < -0.3 is 19.8 Å². The SMILES string of the molecule is C=CCN(CCC)C(=O)[C@H]1[C@@H]2SC3(CC2Br)C(C(=O)N(CC=C)c2cc(C)ccc2C)N(CCCCCCO)C(=O)[C@H]13. The first kappa shape index (κ1) is 32.8. The van der Waals surface area contributed by atoms with Crippen LogP contribution in [-0.2, 0) is 14.4 Å². The molecule has 3 unspecified atom stereocenters. The summed E-state index contributed by atoms with van der Waals surface area (Å²) < 4.78 is -0.693. The summed E-state index contributed by atoms with van der Waals surface area (Å²) in [6, 6.07) is 5.40. The average molecular weight is 661 g/mol. The van der Waals surface area contributed by atoms with Crippen molar-refractivity contribution in [2.75, 3.05) is 37.7 Å². The van der Waals surface area contributed by atoms with Gasteiger partial charge in [-0.05, 0) is 56.7 Å². The Morgan fingerprint density at radius 2 is 1.86 bits per heavy atom. The second-order valence-corrected chi connectivity index (χ2v) is 14.6. The zero-order valence-electron chi connectivity index (χ0n) is 25.3. The van der Waals surface area contributed by atoms with Crippen LogP contribution in [0.1, 0.15) is 56.6 Å². The quantitative estimate of drug-likeness (QED) is 0.158. The number of amides is 3. The summed E-state index contributed by atoms with van der Waals surface area (Å²) in [5.41, 5.74) is 2.87. The van der Waals surface area contributed by atoms with Gasteiger partial charge in [-0.15, -0.1) is 24.9 Å². The van der Waals surface area contributed by atoms with Crippen LogP contribution >= 0.6 is 27.7 Å². The number of hydrogen-bond acceptors (Lipinski definition) is 5. The lowest BCUT2D eigenvalue weighted by molar-refractivity contribution is -0.143. The van der Waals surface area contributed by atoms with Crippen LogP contribution in [0.3, 0.4) is 0 Å². The maximum absolute atomic E-state index is 14.9. The molecule has 0 aliphatic carbocycles. The number of aliphatic hydroxyl groups excluding tert-OH is 1. The first-order valence-electron chi connectivity index (χ1n) is 15.3. The summed E-state index contributed by atoms with van der Waals surface area (Å²) in [5.74, 6) is -1.22. The van der Waals surface area contributed by atoms with E-state index in [1.807, 2.05) is 43.9 Å². The lowest BCUT2D eigenvalue weighted by Crippen LogP contribution is -2.56. The van der Waals surface area contributed by atoms with Crippen molar-refractivity contribution < 1.29 is 19.5 Å². The standard InChI is InChI=1S/C33H46BrN3O4S/c1-6-15-35(16-7-2)30(39)26-27-31(40)37(18-11-9-10-12-19-38)29(33(27)21-24(34)28(26)42-33)32(41)36(17-8-3)25-20-22(4)13-14-23(25)5/h6,8,13-14,20,24,26-29,38H,1,3,7,9-12,15-19,21H2,2,4-5H3/t24?,26-,27+,28-,29?,33?/m1/s1. The van der Waals surface area contributed by atoms with E-state index in [4.69, 9.17) is 0 Å². The van der Waals surface area contributed by atoms with Gasteiger partial charge in [0.05, 0.1) is 16.6 Å². The fraction of sp³-hybridized carbons (Fsp3) is 0.606. The van der Waals surface area contributed by atoms with Crippen molar-refractivity contribution in [3.05, 3.63) is 54.6 Å². The van der Waals surface area contributed by atoms with Crippen LogP contribution < -0.4 is 4.90 Å². The number of aliphatic hydroxyl groups is 1. The van der Waals surface area contributed by atoms with Crippen LogP contribution in [0.4, 0.5) is 5.69 Å². The molecule has 3 amide bonds. The van der Waals surface area contributed by atoms with Gasteiger partial charge in [-0.2, -0.15) is 0 Å². The molecule has 3 aliphatic heterocycles. The number of carbonyl (C=O) groups excluding carboxylic acids is 3. The first-order chi connectivity index (χ1) is 20.2. The Morgan fingerprint density at radius 1 is 1.14 bits per heavy atom. The summed E-state index contributed by atoms with van der Waals surface area (Å²) in [5, 5.41) is 9.15. The summed E-state index contributed by atoms with van der Waals surface area (Å²) >= 11 is 5.58. The van der Waals surface area contributed by atoms with Crippen molar-refractivity contribution in [1.82, 2.24) is 9.80 Å². The molecule has 3 fully saturated rings. The lowest BCUT2D eigenvalue weighted by atomic mass is 9.70. The number of fused-ring (bicyclic) bond motifs is 1. The van der Waals surface area contributed by atoms with Gasteiger partial charge in [-0.25, -0.2) is 0 Å². The summed E-state index contributed by atoms with van der Waals surface area (Å²) in [4.78, 5) is 48.9. The van der Waals surface area contributed by atoms with E-state index in [-0.39, 0.29) is 34.4 Å². The number of thioether (sulfide) groups is 1. The van der Waals surface area contributed by atoms with Crippen LogP contribution in [0.25, 0.3) is 0 Å². The van der Waals surface area contributed by atoms with E-state index in [0.29, 0.717) is 32.6 Å². The number of anilines is 1. The molecule has 3 heterocycles. The Kier molecular flexibility index (Phi) is 11.0. The normalized spacial score (nSPS) is 27.7. The molecule has 0 saturated carbocycles. The molecule has 1 aromatic carbocycles. The molecule has 1 N–H and O–H groups in total. The first-order valence-corrected chi connectivity index (χ1v) is 17.1. The smallest absolute Gasteiger partial charge is 0.251 e. The molecule has 1 aromatic rings. The summed E-state index contributed by atoms with van der Waals surface area (Å²) in [6.45, 7) is 15.8. The highest BCUT2D eigenvalue weighted by molar-refractivity contribution is 9.09. The van der Waals surface area contributed by atoms with Crippen LogP contribution in [0.5, 0.6) is 0 Å². The van der Waals surface area contributed by atoms with Gasteiger partial charge in [0.2, 0.25) is 11.8 Å². The molecule has 9 heteroatoms. The number of hydrogen-bond donors (Lipinski definition) is 1. The number of halogens is 1. The van der Waals surface area contributed by atoms with Crippen molar-refractivity contribution in [3.8, 4) is 0 Å². The van der Waals surface area contributed by atoms with Gasteiger partial charge in [0.15, 0.2) is 0 Å². The molecule has 4 rings (SSSR count). The average Bonchev–Trinajstić information content (AvgIpc) is 3.55. The second-order valence-electron chi connectivity index (χ2n) is 11.9. The van der Waals surface area contributed by atoms with Crippen LogP contribution in [-0.4, -0.2) is 86.3 Å². The number of carbonyl (C=O) groups is 3. The van der Waals surface area contributed by atoms with E-state index in [1.165, 1.54) is 0 Å². The predicted molar refractivity (Wildman–Crippen MR) is 175 cm³/mol. The maximum atomic E-state index is 14.9. The van der Waals surface area contributed by atoms with Crippen LogP contribution in [0.15, 0.2) is 43.5 Å². The molecule has 0 aromatic heterocycles. The number of nitrogens with zero attached hydrogens (tertiary/aromatic N) is 3. The van der Waals surface area contributed by atoms with Crippen molar-refractivity contribution in [3.63, 3.8) is 0 Å². The molecular weight excluding hydrogens is 614 g/mol. The fourth-order valence-corrected chi connectivity index (χ4v) is 10.8. The number of likely N-dealkylation sites (tertiary alicyclic amines) is 1. The summed E-state index contributed by atoms with van der Waals surface area (Å²) in [7, 11) is 0. The number of alkyl halides is 1. The van der Waals surface area contributed by atoms with E-state index in [1.54, 1.807) is 33.7 Å². The lowest BCUT2D eigenvalue weighted by Gasteiger charge is -2.38. The molecule has 230 valence electrons. The molecule has 7 nitrogen and oxygen atoms in total. The van der Waals surface area contributed by atoms with Gasteiger partial charge in [-0.3, -0.25) is 14.4 Å². The fourth-order valence-electron chi connectivity index (χ4n) is 7.20. The molecule has 2 bridgehead atoms. The van der Waals surface area contributed by atoms with E-state index >= 15 is 0 Å². The highest BCUT2D eigenvalue weighted by atomic mass is 79.9. The number of aryl methyl sites for hydroxylation is 2. The molecule has 1 spiro atoms. The van der Waals surface area contributed by atoms with Crippen molar-refractivity contribution in [2.45, 2.75) is 80.2 Å². The number of unbranched alkanes of at least 4 members (excludes halogenated alkanes) is 3. The van der Waals surface area contributed by atoms with E-state index in [2.05, 4.69) is 29.1 Å². The largest absolute Gasteiger partial charge is 0.396 e. The molecule has 3 saturated heterocycles. The predicted octanol–water partition coefficient (Wildman–Crippen LogP) is 5.26. The topological polar surface area (TPSA) is 81.2 Å². The van der Waals surface area contributed by atoms with Gasteiger partial charge in [0.1, 0.15) is 6.04 Å². The van der Waals surface area contributed by atoms with E-state index in [9.17, 15) is 19.5 Å². The third-order valence-electron chi connectivity index (χ3n) is 9.00. The van der Waals surface area contributed by atoms with Crippen LogP contribution in [0.2, 0.25) is 0 Å². The Bertz CT molecular complexity index is 1190. The Hall–Kier alpha value is -2.10. The van der Waals surface area contributed by atoms with Gasteiger partial charge in [0.25, 0.3) is 5.91 Å².